The third-order valence-corrected chi connectivity index (χ3v) is 4.52. The van der Waals surface area contributed by atoms with Crippen LogP contribution in [0, 0.1) is 5.82 Å². The van der Waals surface area contributed by atoms with Gasteiger partial charge in [0, 0.05) is 30.3 Å². The topological polar surface area (TPSA) is 84.0 Å². The van der Waals surface area contributed by atoms with Crippen molar-refractivity contribution in [3.63, 3.8) is 0 Å². The summed E-state index contributed by atoms with van der Waals surface area (Å²) in [5, 5.41) is 9.36. The SMILES string of the molecule is CC(C)(C)NC(=O)CN=C(NCCc1ccc(F)cc1)Nc1ccc2c(c1)OCCCO2. The molecule has 1 aliphatic rings. The number of aliphatic imine (C=N–C) groups is 1. The number of amides is 1. The smallest absolute Gasteiger partial charge is 0.242 e. The van der Waals surface area contributed by atoms with Crippen LogP contribution in [0.4, 0.5) is 10.1 Å². The van der Waals surface area contributed by atoms with Crippen molar-refractivity contribution in [3.05, 3.63) is 53.8 Å². The van der Waals surface area contributed by atoms with E-state index in [1.807, 2.05) is 39.0 Å². The number of carbonyl (C=O) groups excluding carboxylic acids is 1. The number of anilines is 1. The zero-order chi connectivity index (χ0) is 23.0. The Morgan fingerprint density at radius 1 is 1.06 bits per heavy atom. The number of hydrogen-bond acceptors (Lipinski definition) is 4. The van der Waals surface area contributed by atoms with E-state index in [4.69, 9.17) is 9.47 Å². The van der Waals surface area contributed by atoms with Crippen LogP contribution in [0.5, 0.6) is 11.5 Å². The molecule has 2 aromatic rings. The van der Waals surface area contributed by atoms with Crippen LogP contribution in [0.25, 0.3) is 0 Å². The molecule has 0 aromatic heterocycles. The largest absolute Gasteiger partial charge is 0.490 e. The molecule has 0 bridgehead atoms. The number of rotatable bonds is 6. The van der Waals surface area contributed by atoms with Gasteiger partial charge in [-0.2, -0.15) is 0 Å². The highest BCUT2D eigenvalue weighted by Gasteiger charge is 2.14. The molecule has 0 saturated carbocycles. The van der Waals surface area contributed by atoms with E-state index in [1.54, 1.807) is 12.1 Å². The molecule has 0 fully saturated rings. The number of hydrogen-bond donors (Lipinski definition) is 3. The Hall–Kier alpha value is -3.29. The van der Waals surface area contributed by atoms with Gasteiger partial charge < -0.3 is 25.4 Å². The Morgan fingerprint density at radius 2 is 1.78 bits per heavy atom. The van der Waals surface area contributed by atoms with Crippen LogP contribution in [0.1, 0.15) is 32.8 Å². The number of nitrogens with zero attached hydrogens (tertiary/aromatic N) is 1. The van der Waals surface area contributed by atoms with E-state index in [0.29, 0.717) is 43.6 Å². The lowest BCUT2D eigenvalue weighted by atomic mass is 10.1. The molecule has 0 aliphatic carbocycles. The summed E-state index contributed by atoms with van der Waals surface area (Å²) < 4.78 is 24.5. The summed E-state index contributed by atoms with van der Waals surface area (Å²) in [6.45, 7) is 7.53. The number of nitrogens with one attached hydrogen (secondary N) is 3. The van der Waals surface area contributed by atoms with Gasteiger partial charge >= 0.3 is 0 Å². The minimum absolute atomic E-state index is 0.0201. The minimum Gasteiger partial charge on any atom is -0.490 e. The quantitative estimate of drug-likeness (QED) is 0.471. The van der Waals surface area contributed by atoms with Gasteiger partial charge in [-0.15, -0.1) is 0 Å². The van der Waals surface area contributed by atoms with Crippen molar-refractivity contribution in [2.75, 3.05) is 31.6 Å². The average Bonchev–Trinajstić information content (AvgIpc) is 2.97. The van der Waals surface area contributed by atoms with Crippen LogP contribution in [0.15, 0.2) is 47.5 Å². The monoisotopic (exact) mass is 442 g/mol. The maximum Gasteiger partial charge on any atom is 0.242 e. The van der Waals surface area contributed by atoms with Gasteiger partial charge in [-0.1, -0.05) is 12.1 Å². The molecule has 3 N–H and O–H groups in total. The molecule has 0 spiro atoms. The van der Waals surface area contributed by atoms with Crippen LogP contribution < -0.4 is 25.4 Å². The van der Waals surface area contributed by atoms with E-state index >= 15 is 0 Å². The van der Waals surface area contributed by atoms with Gasteiger partial charge in [-0.3, -0.25) is 4.79 Å². The number of ether oxygens (including phenoxy) is 2. The summed E-state index contributed by atoms with van der Waals surface area (Å²) >= 11 is 0. The lowest BCUT2D eigenvalue weighted by Crippen LogP contribution is -2.42. The van der Waals surface area contributed by atoms with E-state index in [-0.39, 0.29) is 23.8 Å². The van der Waals surface area contributed by atoms with Gasteiger partial charge in [-0.05, 0) is 57.0 Å². The number of fused-ring (bicyclic) bond motifs is 1. The molecule has 1 amide bonds. The van der Waals surface area contributed by atoms with E-state index in [1.165, 1.54) is 12.1 Å². The molecule has 0 atom stereocenters. The van der Waals surface area contributed by atoms with Crippen LogP contribution >= 0.6 is 0 Å². The first-order valence-electron chi connectivity index (χ1n) is 10.8. The summed E-state index contributed by atoms with van der Waals surface area (Å²) in [4.78, 5) is 16.7. The molecular weight excluding hydrogens is 411 g/mol. The molecule has 8 heteroatoms. The van der Waals surface area contributed by atoms with Crippen LogP contribution in [-0.4, -0.2) is 43.7 Å². The van der Waals surface area contributed by atoms with Gasteiger partial charge in [0.2, 0.25) is 5.91 Å². The zero-order valence-corrected chi connectivity index (χ0v) is 18.8. The number of halogens is 1. The molecule has 7 nitrogen and oxygen atoms in total. The van der Waals surface area contributed by atoms with Crippen molar-refractivity contribution >= 4 is 17.6 Å². The molecule has 3 rings (SSSR count). The third kappa shape index (κ3) is 7.76. The van der Waals surface area contributed by atoms with Gasteiger partial charge in [0.05, 0.1) is 13.2 Å². The molecule has 0 saturated heterocycles. The average molecular weight is 443 g/mol. The van der Waals surface area contributed by atoms with Crippen molar-refractivity contribution in [2.24, 2.45) is 4.99 Å². The van der Waals surface area contributed by atoms with E-state index in [2.05, 4.69) is 20.9 Å². The first-order valence-corrected chi connectivity index (χ1v) is 10.8. The Kier molecular flexibility index (Phi) is 7.92. The van der Waals surface area contributed by atoms with Crippen LogP contribution in [-0.2, 0) is 11.2 Å². The second-order valence-corrected chi connectivity index (χ2v) is 8.60. The summed E-state index contributed by atoms with van der Waals surface area (Å²) in [6.07, 6.45) is 1.51. The first-order chi connectivity index (χ1) is 15.3. The fourth-order valence-corrected chi connectivity index (χ4v) is 3.10. The molecule has 1 aliphatic heterocycles. The molecular formula is C24H31FN4O3. The lowest BCUT2D eigenvalue weighted by molar-refractivity contribution is -0.121. The van der Waals surface area contributed by atoms with E-state index < -0.39 is 0 Å². The second-order valence-electron chi connectivity index (χ2n) is 8.60. The Morgan fingerprint density at radius 3 is 2.50 bits per heavy atom. The summed E-state index contributed by atoms with van der Waals surface area (Å²) in [7, 11) is 0. The molecule has 0 unspecified atom stereocenters. The van der Waals surface area contributed by atoms with Crippen molar-refractivity contribution < 1.29 is 18.7 Å². The fourth-order valence-electron chi connectivity index (χ4n) is 3.10. The number of guanidine groups is 1. The highest BCUT2D eigenvalue weighted by atomic mass is 19.1. The van der Waals surface area contributed by atoms with Crippen molar-refractivity contribution in [3.8, 4) is 11.5 Å². The van der Waals surface area contributed by atoms with E-state index in [9.17, 15) is 9.18 Å². The molecule has 0 radical (unpaired) electrons. The van der Waals surface area contributed by atoms with Crippen LogP contribution in [0.3, 0.4) is 0 Å². The van der Waals surface area contributed by atoms with Gasteiger partial charge in [0.15, 0.2) is 17.5 Å². The summed E-state index contributed by atoms with van der Waals surface area (Å²) in [6, 6.07) is 12.0. The molecule has 1 heterocycles. The number of benzene rings is 2. The highest BCUT2D eigenvalue weighted by Crippen LogP contribution is 2.32. The summed E-state index contributed by atoms with van der Waals surface area (Å²) in [5.74, 6) is 1.41. The minimum atomic E-state index is -0.329. The number of carbonyl (C=O) groups is 1. The van der Waals surface area contributed by atoms with Crippen molar-refractivity contribution in [1.82, 2.24) is 10.6 Å². The normalized spacial score (nSPS) is 13.8. The van der Waals surface area contributed by atoms with Crippen molar-refractivity contribution in [2.45, 2.75) is 39.2 Å². The maximum atomic E-state index is 13.1. The fraction of sp³-hybridized carbons (Fsp3) is 0.417. The van der Waals surface area contributed by atoms with Gasteiger partial charge in [-0.25, -0.2) is 9.38 Å². The Balaban J connectivity index is 1.67. The molecule has 2 aromatic carbocycles. The Labute approximate surface area is 188 Å². The van der Waals surface area contributed by atoms with Gasteiger partial charge in [0.25, 0.3) is 0 Å². The standard InChI is InChI=1S/C24H31FN4O3/c1-24(2,3)29-22(30)16-27-23(26-12-11-17-5-7-18(25)8-6-17)28-19-9-10-20-21(15-19)32-14-4-13-31-20/h5-10,15H,4,11-14,16H2,1-3H3,(H,29,30)(H2,26,27,28). The van der Waals surface area contributed by atoms with E-state index in [0.717, 1.165) is 17.7 Å². The van der Waals surface area contributed by atoms with Crippen LogP contribution in [0.2, 0.25) is 0 Å². The first kappa shape index (κ1) is 23.4. The van der Waals surface area contributed by atoms with Gasteiger partial charge in [0.1, 0.15) is 12.4 Å². The van der Waals surface area contributed by atoms with Crippen molar-refractivity contribution in [1.29, 1.82) is 0 Å². The second kappa shape index (κ2) is 10.8. The lowest BCUT2D eigenvalue weighted by Gasteiger charge is -2.20. The highest BCUT2D eigenvalue weighted by molar-refractivity contribution is 5.95. The third-order valence-electron chi connectivity index (χ3n) is 4.52. The summed E-state index contributed by atoms with van der Waals surface area (Å²) in [5.41, 5.74) is 1.43. The molecule has 32 heavy (non-hydrogen) atoms. The predicted octanol–water partition coefficient (Wildman–Crippen LogP) is 3.50. The molecule has 172 valence electrons. The Bertz CT molecular complexity index is 939. The zero-order valence-electron chi connectivity index (χ0n) is 18.8. The maximum absolute atomic E-state index is 13.1. The predicted molar refractivity (Wildman–Crippen MR) is 124 cm³/mol.